The van der Waals surface area contributed by atoms with E-state index in [0.29, 0.717) is 20.5 Å². The molecule has 0 aliphatic heterocycles. The van der Waals surface area contributed by atoms with Crippen LogP contribution in [0, 0.1) is 10.1 Å². The molecule has 0 fully saturated rings. The summed E-state index contributed by atoms with van der Waals surface area (Å²) in [5.74, 6) is -0.191. The average molecular weight is 397 g/mol. The van der Waals surface area contributed by atoms with E-state index in [1.807, 2.05) is 30.3 Å². The fourth-order valence-corrected chi connectivity index (χ4v) is 4.23. The summed E-state index contributed by atoms with van der Waals surface area (Å²) in [6.07, 6.45) is 1.59. The fourth-order valence-electron chi connectivity index (χ4n) is 2.32. The standard InChI is InChI=1S/C19H15N3O3S2/c1-3-20-19-17(12(2)23)21-18(27-19)13-9-10-16(15(11-13)22(24)25)26-14-7-5-4-6-8-14/h3-11,23H,2H2,1H3. The van der Waals surface area contributed by atoms with Gasteiger partial charge < -0.3 is 5.11 Å². The molecular formula is C19H15N3O3S2. The Morgan fingerprint density at radius 1 is 1.33 bits per heavy atom. The maximum absolute atomic E-state index is 11.6. The molecule has 0 amide bonds. The van der Waals surface area contributed by atoms with Crippen molar-refractivity contribution in [1.82, 2.24) is 4.98 Å². The van der Waals surface area contributed by atoms with E-state index in [1.165, 1.54) is 29.2 Å². The lowest BCUT2D eigenvalue weighted by Gasteiger charge is -2.04. The minimum Gasteiger partial charge on any atom is -0.506 e. The topological polar surface area (TPSA) is 88.6 Å². The van der Waals surface area contributed by atoms with E-state index in [1.54, 1.807) is 25.3 Å². The number of thiazole rings is 1. The van der Waals surface area contributed by atoms with E-state index >= 15 is 0 Å². The van der Waals surface area contributed by atoms with Gasteiger partial charge in [0.1, 0.15) is 21.5 Å². The van der Waals surface area contributed by atoms with Crippen LogP contribution in [0.2, 0.25) is 0 Å². The Morgan fingerprint density at radius 2 is 2.07 bits per heavy atom. The number of rotatable bonds is 6. The predicted molar refractivity (Wildman–Crippen MR) is 110 cm³/mol. The second-order valence-electron chi connectivity index (χ2n) is 5.36. The molecule has 0 bridgehead atoms. The number of nitro groups is 1. The minimum absolute atomic E-state index is 0.00136. The molecule has 6 nitrogen and oxygen atoms in total. The van der Waals surface area contributed by atoms with Gasteiger partial charge in [-0.1, -0.05) is 53.9 Å². The third kappa shape index (κ3) is 4.24. The Labute approximate surface area is 164 Å². The van der Waals surface area contributed by atoms with Gasteiger partial charge in [0.05, 0.1) is 9.82 Å². The number of aliphatic hydroxyl groups excluding tert-OH is 1. The largest absolute Gasteiger partial charge is 0.506 e. The number of aliphatic hydroxyl groups is 1. The maximum atomic E-state index is 11.6. The monoisotopic (exact) mass is 397 g/mol. The molecule has 0 spiro atoms. The van der Waals surface area contributed by atoms with E-state index in [2.05, 4.69) is 16.6 Å². The van der Waals surface area contributed by atoms with E-state index in [9.17, 15) is 15.2 Å². The van der Waals surface area contributed by atoms with Gasteiger partial charge in [-0.15, -0.1) is 0 Å². The second-order valence-corrected chi connectivity index (χ2v) is 7.45. The molecular weight excluding hydrogens is 382 g/mol. The van der Waals surface area contributed by atoms with Crippen molar-refractivity contribution < 1.29 is 10.0 Å². The molecule has 136 valence electrons. The first kappa shape index (κ1) is 18.8. The summed E-state index contributed by atoms with van der Waals surface area (Å²) in [5.41, 5.74) is 0.865. The van der Waals surface area contributed by atoms with E-state index in [-0.39, 0.29) is 17.1 Å². The van der Waals surface area contributed by atoms with Crippen LogP contribution < -0.4 is 0 Å². The first-order valence-electron chi connectivity index (χ1n) is 7.89. The molecule has 3 rings (SSSR count). The number of aliphatic imine (C=N–C) groups is 1. The molecule has 8 heteroatoms. The first-order valence-corrected chi connectivity index (χ1v) is 9.52. The van der Waals surface area contributed by atoms with Crippen molar-refractivity contribution >= 4 is 45.8 Å². The number of hydrogen-bond donors (Lipinski definition) is 1. The quantitative estimate of drug-likeness (QED) is 0.234. The molecule has 1 N–H and O–H groups in total. The normalized spacial score (nSPS) is 11.0. The fraction of sp³-hybridized carbons (Fsp3) is 0.0526. The molecule has 0 radical (unpaired) electrons. The number of benzene rings is 2. The van der Waals surface area contributed by atoms with Gasteiger partial charge in [-0.2, -0.15) is 0 Å². The molecule has 2 aromatic carbocycles. The molecule has 0 atom stereocenters. The van der Waals surface area contributed by atoms with Crippen molar-refractivity contribution in [3.8, 4) is 10.6 Å². The first-order chi connectivity index (χ1) is 13.0. The van der Waals surface area contributed by atoms with Crippen LogP contribution in [0.15, 0.2) is 69.9 Å². The molecule has 0 aliphatic carbocycles. The zero-order chi connectivity index (χ0) is 19.4. The number of hydrogen-bond acceptors (Lipinski definition) is 7. The van der Waals surface area contributed by atoms with Crippen molar-refractivity contribution in [3.05, 3.63) is 70.9 Å². The molecule has 27 heavy (non-hydrogen) atoms. The molecule has 1 heterocycles. The molecule has 0 saturated heterocycles. The third-order valence-corrected chi connectivity index (χ3v) is 5.59. The van der Waals surface area contributed by atoms with Gasteiger partial charge >= 0.3 is 0 Å². The molecule has 0 unspecified atom stereocenters. The predicted octanol–water partition coefficient (Wildman–Crippen LogP) is 6.12. The van der Waals surface area contributed by atoms with E-state index < -0.39 is 4.92 Å². The molecule has 3 aromatic rings. The lowest BCUT2D eigenvalue weighted by Crippen LogP contribution is -1.92. The second kappa shape index (κ2) is 8.15. The zero-order valence-electron chi connectivity index (χ0n) is 14.3. The highest BCUT2D eigenvalue weighted by Gasteiger charge is 2.20. The van der Waals surface area contributed by atoms with Crippen LogP contribution in [0.1, 0.15) is 12.6 Å². The summed E-state index contributed by atoms with van der Waals surface area (Å²) in [5, 5.41) is 22.3. The van der Waals surface area contributed by atoms with Crippen LogP contribution in [0.3, 0.4) is 0 Å². The molecule has 1 aromatic heterocycles. The van der Waals surface area contributed by atoms with E-state index in [0.717, 1.165) is 4.90 Å². The van der Waals surface area contributed by atoms with Crippen molar-refractivity contribution in [3.63, 3.8) is 0 Å². The van der Waals surface area contributed by atoms with Gasteiger partial charge in [0, 0.05) is 22.7 Å². The smallest absolute Gasteiger partial charge is 0.283 e. The van der Waals surface area contributed by atoms with E-state index in [4.69, 9.17) is 0 Å². The summed E-state index contributed by atoms with van der Waals surface area (Å²) in [7, 11) is 0. The summed E-state index contributed by atoms with van der Waals surface area (Å²) >= 11 is 2.57. The van der Waals surface area contributed by atoms with Gasteiger partial charge in [-0.05, 0) is 25.1 Å². The number of nitro benzene ring substituents is 1. The van der Waals surface area contributed by atoms with Crippen molar-refractivity contribution in [2.75, 3.05) is 0 Å². The lowest BCUT2D eigenvalue weighted by molar-refractivity contribution is -0.387. The summed E-state index contributed by atoms with van der Waals surface area (Å²) < 4.78 is 0. The Hall–Kier alpha value is -2.97. The third-order valence-electron chi connectivity index (χ3n) is 3.50. The average Bonchev–Trinajstić information content (AvgIpc) is 3.07. The molecule has 0 saturated carbocycles. The Kier molecular flexibility index (Phi) is 5.68. The van der Waals surface area contributed by atoms with Crippen LogP contribution >= 0.6 is 23.1 Å². The van der Waals surface area contributed by atoms with Crippen LogP contribution in [0.4, 0.5) is 10.7 Å². The highest BCUT2D eigenvalue weighted by molar-refractivity contribution is 7.99. The Morgan fingerprint density at radius 3 is 2.70 bits per heavy atom. The van der Waals surface area contributed by atoms with Gasteiger partial charge in [-0.25, -0.2) is 9.98 Å². The van der Waals surface area contributed by atoms with Gasteiger partial charge in [0.15, 0.2) is 0 Å². The number of nitrogens with zero attached hydrogens (tertiary/aromatic N) is 3. The van der Waals surface area contributed by atoms with Crippen LogP contribution in [0.5, 0.6) is 0 Å². The van der Waals surface area contributed by atoms with Crippen molar-refractivity contribution in [2.45, 2.75) is 16.7 Å². The maximum Gasteiger partial charge on any atom is 0.283 e. The summed E-state index contributed by atoms with van der Waals surface area (Å²) in [6.45, 7) is 5.25. The summed E-state index contributed by atoms with van der Waals surface area (Å²) in [4.78, 5) is 21.2. The van der Waals surface area contributed by atoms with Crippen LogP contribution in [0.25, 0.3) is 16.3 Å². The SMILES string of the molecule is C=C(O)c1nc(-c2ccc(Sc3ccccc3)c([N+](=O)[O-])c2)sc1N=CC. The Balaban J connectivity index is 2.03. The van der Waals surface area contributed by atoms with Gasteiger partial charge in [0.25, 0.3) is 5.69 Å². The van der Waals surface area contributed by atoms with Crippen molar-refractivity contribution in [2.24, 2.45) is 4.99 Å². The lowest BCUT2D eigenvalue weighted by atomic mass is 10.2. The highest BCUT2D eigenvalue weighted by atomic mass is 32.2. The van der Waals surface area contributed by atoms with Crippen LogP contribution in [-0.4, -0.2) is 21.2 Å². The number of aromatic nitrogens is 1. The zero-order valence-corrected chi connectivity index (χ0v) is 16.0. The highest BCUT2D eigenvalue weighted by Crippen LogP contribution is 2.41. The minimum atomic E-state index is -0.403. The Bertz CT molecular complexity index is 1030. The van der Waals surface area contributed by atoms with Gasteiger partial charge in [-0.3, -0.25) is 10.1 Å². The molecule has 0 aliphatic rings. The van der Waals surface area contributed by atoms with Gasteiger partial charge in [0.2, 0.25) is 0 Å². The summed E-state index contributed by atoms with van der Waals surface area (Å²) in [6, 6.07) is 14.5. The van der Waals surface area contributed by atoms with Crippen LogP contribution in [-0.2, 0) is 0 Å². The van der Waals surface area contributed by atoms with Crippen molar-refractivity contribution in [1.29, 1.82) is 0 Å².